The number of ether oxygens (including phenoxy) is 1. The van der Waals surface area contributed by atoms with Crippen molar-refractivity contribution >= 4 is 17.6 Å². The first-order chi connectivity index (χ1) is 6.74. The molecule has 0 aromatic carbocycles. The molecule has 1 amide bonds. The Bertz CT molecular complexity index is 250. The molecule has 0 bridgehead atoms. The second kappa shape index (κ2) is 5.52. The Hall–Kier alpha value is -1.19. The second-order valence-corrected chi connectivity index (χ2v) is 3.26. The van der Waals surface area contributed by atoms with Crippen molar-refractivity contribution in [1.82, 2.24) is 0 Å². The Labute approximate surface area is 83.3 Å². The van der Waals surface area contributed by atoms with E-state index in [2.05, 4.69) is 9.73 Å². The van der Waals surface area contributed by atoms with Gasteiger partial charge >= 0.3 is 11.9 Å². The van der Waals surface area contributed by atoms with Gasteiger partial charge in [0.25, 0.3) is 0 Å². The van der Waals surface area contributed by atoms with Crippen molar-refractivity contribution in [2.75, 3.05) is 6.61 Å². The van der Waals surface area contributed by atoms with Gasteiger partial charge in [0.15, 0.2) is 0 Å². The number of amides is 1. The minimum atomic E-state index is -0.842. The molecule has 1 fully saturated rings. The molecule has 0 aromatic rings. The van der Waals surface area contributed by atoms with Crippen molar-refractivity contribution in [3.63, 3.8) is 0 Å². The van der Waals surface area contributed by atoms with E-state index in [1.54, 1.807) is 6.92 Å². The fourth-order valence-corrected chi connectivity index (χ4v) is 1.45. The lowest BCUT2D eigenvalue weighted by molar-refractivity contribution is -0.152. The predicted molar refractivity (Wildman–Crippen MR) is 52.2 cm³/mol. The molecule has 0 aromatic heterocycles. The number of nitrogens with zero attached hydrogens (tertiary/aromatic N) is 1. The Morgan fingerprint density at radius 2 is 1.93 bits per heavy atom. The van der Waals surface area contributed by atoms with E-state index in [0.717, 1.165) is 31.4 Å². The van der Waals surface area contributed by atoms with E-state index in [9.17, 15) is 9.59 Å². The van der Waals surface area contributed by atoms with Crippen LogP contribution in [0.5, 0.6) is 0 Å². The van der Waals surface area contributed by atoms with E-state index in [0.29, 0.717) is 0 Å². The summed E-state index contributed by atoms with van der Waals surface area (Å²) in [4.78, 5) is 25.8. The topological polar surface area (TPSA) is 55.7 Å². The van der Waals surface area contributed by atoms with Crippen LogP contribution in [-0.2, 0) is 14.3 Å². The highest BCUT2D eigenvalue weighted by Gasteiger charge is 2.15. The molecule has 4 heteroatoms. The molecule has 78 valence electrons. The highest BCUT2D eigenvalue weighted by atomic mass is 16.5. The lowest BCUT2D eigenvalue weighted by atomic mass is 9.98. The fourth-order valence-electron chi connectivity index (χ4n) is 1.45. The van der Waals surface area contributed by atoms with Crippen LogP contribution >= 0.6 is 0 Å². The molecule has 0 unspecified atom stereocenters. The van der Waals surface area contributed by atoms with Gasteiger partial charge in [-0.15, -0.1) is 0 Å². The van der Waals surface area contributed by atoms with Crippen LogP contribution in [0.3, 0.4) is 0 Å². The monoisotopic (exact) mass is 197 g/mol. The van der Waals surface area contributed by atoms with Gasteiger partial charge in [0.1, 0.15) is 0 Å². The van der Waals surface area contributed by atoms with Crippen LogP contribution in [0.2, 0.25) is 0 Å². The largest absolute Gasteiger partial charge is 0.459 e. The van der Waals surface area contributed by atoms with Gasteiger partial charge in [0.05, 0.1) is 6.61 Å². The van der Waals surface area contributed by atoms with Crippen LogP contribution in [-0.4, -0.2) is 24.2 Å². The minimum Gasteiger partial charge on any atom is -0.459 e. The lowest BCUT2D eigenvalue weighted by Gasteiger charge is -2.11. The van der Waals surface area contributed by atoms with E-state index < -0.39 is 11.9 Å². The van der Waals surface area contributed by atoms with Crippen LogP contribution in [0.15, 0.2) is 4.99 Å². The molecule has 1 saturated carbocycles. The summed E-state index contributed by atoms with van der Waals surface area (Å²) in [6.07, 6.45) is 4.99. The maximum Gasteiger partial charge on any atom is 0.399 e. The summed E-state index contributed by atoms with van der Waals surface area (Å²) in [7, 11) is 0. The van der Waals surface area contributed by atoms with Gasteiger partial charge in [-0.3, -0.25) is 4.79 Å². The third-order valence-corrected chi connectivity index (χ3v) is 2.14. The molecule has 0 aliphatic heterocycles. The quantitative estimate of drug-likeness (QED) is 0.472. The summed E-state index contributed by atoms with van der Waals surface area (Å²) in [6, 6.07) is 0. The zero-order chi connectivity index (χ0) is 10.4. The molecule has 14 heavy (non-hydrogen) atoms. The Morgan fingerprint density at radius 1 is 1.29 bits per heavy atom. The Morgan fingerprint density at radius 3 is 2.50 bits per heavy atom. The summed E-state index contributed by atoms with van der Waals surface area (Å²) >= 11 is 0. The van der Waals surface area contributed by atoms with E-state index in [-0.39, 0.29) is 6.61 Å². The van der Waals surface area contributed by atoms with Crippen molar-refractivity contribution in [1.29, 1.82) is 0 Å². The molecule has 0 heterocycles. The third kappa shape index (κ3) is 3.28. The maximum atomic E-state index is 11.1. The zero-order valence-corrected chi connectivity index (χ0v) is 8.41. The van der Waals surface area contributed by atoms with E-state index in [1.807, 2.05) is 0 Å². The van der Waals surface area contributed by atoms with Crippen molar-refractivity contribution in [3.05, 3.63) is 0 Å². The SMILES string of the molecule is CCOC(=O)C(=O)N=C1CCCCC1. The van der Waals surface area contributed by atoms with Crippen LogP contribution in [0.25, 0.3) is 0 Å². The van der Waals surface area contributed by atoms with Gasteiger partial charge in [-0.2, -0.15) is 0 Å². The van der Waals surface area contributed by atoms with Crippen molar-refractivity contribution < 1.29 is 14.3 Å². The highest BCUT2D eigenvalue weighted by molar-refractivity contribution is 6.34. The average Bonchev–Trinajstić information content (AvgIpc) is 2.19. The number of hydrogen-bond acceptors (Lipinski definition) is 3. The smallest absolute Gasteiger partial charge is 0.399 e. The van der Waals surface area contributed by atoms with Gasteiger partial charge in [-0.05, 0) is 32.6 Å². The van der Waals surface area contributed by atoms with Crippen LogP contribution in [0.1, 0.15) is 39.0 Å². The number of esters is 1. The third-order valence-electron chi connectivity index (χ3n) is 2.14. The summed E-state index contributed by atoms with van der Waals surface area (Å²) in [5, 5.41) is 0. The summed E-state index contributed by atoms with van der Waals surface area (Å²) in [6.45, 7) is 1.88. The van der Waals surface area contributed by atoms with Crippen LogP contribution < -0.4 is 0 Å². The van der Waals surface area contributed by atoms with E-state index in [1.165, 1.54) is 6.42 Å². The second-order valence-electron chi connectivity index (χ2n) is 3.26. The molecular weight excluding hydrogens is 182 g/mol. The molecule has 1 rings (SSSR count). The number of aliphatic imine (C=N–C) groups is 1. The molecule has 0 radical (unpaired) electrons. The number of carbonyl (C=O) groups excluding carboxylic acids is 2. The summed E-state index contributed by atoms with van der Waals surface area (Å²) < 4.78 is 4.55. The number of rotatable bonds is 1. The number of hydrogen-bond donors (Lipinski definition) is 0. The zero-order valence-electron chi connectivity index (χ0n) is 8.41. The van der Waals surface area contributed by atoms with Gasteiger partial charge in [-0.1, -0.05) is 6.42 Å². The number of carbonyl (C=O) groups is 2. The molecule has 0 atom stereocenters. The summed E-state index contributed by atoms with van der Waals surface area (Å²) in [5.74, 6) is -1.60. The standard InChI is InChI=1S/C10H15NO3/c1-2-14-10(13)9(12)11-8-6-4-3-5-7-8/h2-7H2,1H3. The van der Waals surface area contributed by atoms with Crippen molar-refractivity contribution in [2.45, 2.75) is 39.0 Å². The van der Waals surface area contributed by atoms with Crippen LogP contribution in [0, 0.1) is 0 Å². The molecule has 1 aliphatic rings. The normalized spacial score (nSPS) is 16.2. The van der Waals surface area contributed by atoms with Crippen molar-refractivity contribution in [3.8, 4) is 0 Å². The van der Waals surface area contributed by atoms with E-state index >= 15 is 0 Å². The van der Waals surface area contributed by atoms with Gasteiger partial charge in [-0.25, -0.2) is 9.79 Å². The van der Waals surface area contributed by atoms with E-state index in [4.69, 9.17) is 0 Å². The van der Waals surface area contributed by atoms with Gasteiger partial charge in [0, 0.05) is 5.71 Å². The first-order valence-corrected chi connectivity index (χ1v) is 5.01. The molecule has 0 saturated heterocycles. The highest BCUT2D eigenvalue weighted by Crippen LogP contribution is 2.14. The lowest BCUT2D eigenvalue weighted by Crippen LogP contribution is -2.18. The average molecular weight is 197 g/mol. The molecule has 0 spiro atoms. The fraction of sp³-hybridized carbons (Fsp3) is 0.700. The predicted octanol–water partition coefficient (Wildman–Crippen LogP) is 1.48. The maximum absolute atomic E-state index is 11.1. The summed E-state index contributed by atoms with van der Waals surface area (Å²) in [5.41, 5.74) is 0.842. The van der Waals surface area contributed by atoms with Gasteiger partial charge < -0.3 is 4.74 Å². The molecule has 0 N–H and O–H groups in total. The first-order valence-electron chi connectivity index (χ1n) is 5.01. The van der Waals surface area contributed by atoms with Crippen LogP contribution in [0.4, 0.5) is 0 Å². The first kappa shape index (κ1) is 10.9. The Balaban J connectivity index is 2.48. The minimum absolute atomic E-state index is 0.218. The molecule has 1 aliphatic carbocycles. The molecule has 4 nitrogen and oxygen atoms in total. The van der Waals surface area contributed by atoms with Gasteiger partial charge in [0.2, 0.25) is 0 Å². The Kier molecular flexibility index (Phi) is 4.29. The van der Waals surface area contributed by atoms with Crippen molar-refractivity contribution in [2.24, 2.45) is 4.99 Å². The molecular formula is C10H15NO3.